The number of nitrogens with zero attached hydrogens (tertiary/aromatic N) is 2. The minimum atomic E-state index is -3.75. The van der Waals surface area contributed by atoms with E-state index in [2.05, 4.69) is 4.72 Å². The third-order valence-corrected chi connectivity index (χ3v) is 6.34. The number of rotatable bonds is 5. The first-order chi connectivity index (χ1) is 13.3. The largest absolute Gasteiger partial charge is 0.450 e. The quantitative estimate of drug-likeness (QED) is 0.732. The van der Waals surface area contributed by atoms with Gasteiger partial charge in [0, 0.05) is 32.0 Å². The first-order valence-electron chi connectivity index (χ1n) is 9.21. The van der Waals surface area contributed by atoms with Gasteiger partial charge in [-0.15, -0.1) is 0 Å². The van der Waals surface area contributed by atoms with Crippen LogP contribution in [0.5, 0.6) is 0 Å². The lowest BCUT2D eigenvalue weighted by Crippen LogP contribution is -2.46. The number of benzene rings is 1. The molecule has 2 heterocycles. The van der Waals surface area contributed by atoms with Crippen LogP contribution in [0.3, 0.4) is 0 Å². The molecule has 2 aliphatic heterocycles. The Morgan fingerprint density at radius 2 is 1.68 bits per heavy atom. The van der Waals surface area contributed by atoms with Gasteiger partial charge in [-0.2, -0.15) is 0 Å². The molecule has 0 aromatic heterocycles. The van der Waals surface area contributed by atoms with Crippen molar-refractivity contribution in [1.29, 1.82) is 0 Å². The molecule has 2 aliphatic rings. The van der Waals surface area contributed by atoms with Crippen LogP contribution in [0.1, 0.15) is 32.6 Å². The van der Waals surface area contributed by atoms with E-state index in [9.17, 15) is 22.8 Å². The number of sulfonamides is 1. The lowest BCUT2D eigenvalue weighted by atomic mass is 10.1. The Labute approximate surface area is 163 Å². The second kappa shape index (κ2) is 8.27. The Balaban J connectivity index is 1.61. The zero-order chi connectivity index (χ0) is 20.3. The van der Waals surface area contributed by atoms with E-state index in [1.807, 2.05) is 0 Å². The molecule has 1 aromatic rings. The molecule has 0 unspecified atom stereocenters. The third-order valence-electron chi connectivity index (χ3n) is 4.80. The van der Waals surface area contributed by atoms with E-state index in [4.69, 9.17) is 4.74 Å². The van der Waals surface area contributed by atoms with Gasteiger partial charge in [0.1, 0.15) is 0 Å². The maximum absolute atomic E-state index is 12.6. The first-order valence-corrected chi connectivity index (χ1v) is 10.7. The molecule has 10 heteroatoms. The highest BCUT2D eigenvalue weighted by molar-refractivity contribution is 7.89. The van der Waals surface area contributed by atoms with Gasteiger partial charge in [-0.1, -0.05) is 0 Å². The molecule has 3 rings (SSSR count). The van der Waals surface area contributed by atoms with E-state index in [0.29, 0.717) is 38.2 Å². The van der Waals surface area contributed by atoms with Gasteiger partial charge in [0.05, 0.1) is 17.2 Å². The second-order valence-electron chi connectivity index (χ2n) is 6.70. The molecule has 2 saturated heterocycles. The molecule has 0 aliphatic carbocycles. The van der Waals surface area contributed by atoms with E-state index in [0.717, 1.165) is 4.90 Å². The summed E-state index contributed by atoms with van der Waals surface area (Å²) in [4.78, 5) is 38.0. The van der Waals surface area contributed by atoms with Gasteiger partial charge >= 0.3 is 6.09 Å². The van der Waals surface area contributed by atoms with Crippen molar-refractivity contribution in [3.63, 3.8) is 0 Å². The predicted octanol–water partition coefficient (Wildman–Crippen LogP) is 1.24. The molecule has 0 radical (unpaired) electrons. The minimum Gasteiger partial charge on any atom is -0.450 e. The van der Waals surface area contributed by atoms with Crippen molar-refractivity contribution in [1.82, 2.24) is 9.62 Å². The monoisotopic (exact) mass is 409 g/mol. The van der Waals surface area contributed by atoms with Crippen LogP contribution in [0.25, 0.3) is 0 Å². The molecule has 28 heavy (non-hydrogen) atoms. The standard InChI is InChI=1S/C18H23N3O6S/c1-2-27-18(24)20-11-9-13(10-12-20)19-28(25,26)15-5-3-14(4-6-15)21-16(22)7-8-17(21)23/h3-6,13,19H,2,7-12H2,1H3. The molecule has 9 nitrogen and oxygen atoms in total. The van der Waals surface area contributed by atoms with Crippen molar-refractivity contribution >= 4 is 33.6 Å². The van der Waals surface area contributed by atoms with Crippen molar-refractivity contribution < 1.29 is 27.5 Å². The summed E-state index contributed by atoms with van der Waals surface area (Å²) in [7, 11) is -3.75. The van der Waals surface area contributed by atoms with Gasteiger partial charge in [-0.3, -0.25) is 14.5 Å². The molecular formula is C18H23N3O6S. The Bertz CT molecular complexity index is 844. The fourth-order valence-electron chi connectivity index (χ4n) is 3.32. The lowest BCUT2D eigenvalue weighted by molar-refractivity contribution is -0.121. The van der Waals surface area contributed by atoms with E-state index in [1.54, 1.807) is 11.8 Å². The number of anilines is 1. The summed E-state index contributed by atoms with van der Waals surface area (Å²) >= 11 is 0. The summed E-state index contributed by atoms with van der Waals surface area (Å²) < 4.78 is 32.8. The van der Waals surface area contributed by atoms with Crippen LogP contribution in [0.15, 0.2) is 29.2 Å². The highest BCUT2D eigenvalue weighted by Crippen LogP contribution is 2.24. The molecule has 3 amide bonds. The average molecular weight is 409 g/mol. The number of imide groups is 1. The van der Waals surface area contributed by atoms with Crippen molar-refractivity contribution in [3.8, 4) is 0 Å². The summed E-state index contributed by atoms with van der Waals surface area (Å²) in [6.07, 6.45) is 0.945. The molecule has 0 saturated carbocycles. The maximum atomic E-state index is 12.6. The van der Waals surface area contributed by atoms with Gasteiger partial charge < -0.3 is 9.64 Å². The van der Waals surface area contributed by atoms with Crippen LogP contribution in [0, 0.1) is 0 Å². The van der Waals surface area contributed by atoms with Crippen molar-refractivity contribution in [3.05, 3.63) is 24.3 Å². The Kier molecular flexibility index (Phi) is 5.99. The van der Waals surface area contributed by atoms with Gasteiger partial charge in [-0.05, 0) is 44.0 Å². The van der Waals surface area contributed by atoms with Crippen molar-refractivity contribution in [2.45, 2.75) is 43.5 Å². The van der Waals surface area contributed by atoms with Crippen molar-refractivity contribution in [2.75, 3.05) is 24.6 Å². The van der Waals surface area contributed by atoms with Crippen LogP contribution in [-0.2, 0) is 24.3 Å². The van der Waals surface area contributed by atoms with Crippen LogP contribution in [-0.4, -0.2) is 57.0 Å². The fraction of sp³-hybridized carbons (Fsp3) is 0.500. The normalized spacial score (nSPS) is 18.6. The van der Waals surface area contributed by atoms with Crippen LogP contribution < -0.4 is 9.62 Å². The maximum Gasteiger partial charge on any atom is 0.409 e. The topological polar surface area (TPSA) is 113 Å². The molecule has 1 N–H and O–H groups in total. The van der Waals surface area contributed by atoms with E-state index < -0.39 is 10.0 Å². The highest BCUT2D eigenvalue weighted by Gasteiger charge is 2.31. The van der Waals surface area contributed by atoms with Crippen LogP contribution >= 0.6 is 0 Å². The Hall–Kier alpha value is -2.46. The average Bonchev–Trinajstić information content (AvgIpc) is 3.00. The van der Waals surface area contributed by atoms with Gasteiger partial charge in [0.2, 0.25) is 21.8 Å². The number of hydrogen-bond acceptors (Lipinski definition) is 6. The predicted molar refractivity (Wildman–Crippen MR) is 100 cm³/mol. The molecule has 0 bridgehead atoms. The molecule has 152 valence electrons. The molecule has 0 atom stereocenters. The Morgan fingerprint density at radius 3 is 2.21 bits per heavy atom. The smallest absolute Gasteiger partial charge is 0.409 e. The van der Waals surface area contributed by atoms with Gasteiger partial charge in [0.15, 0.2) is 0 Å². The Morgan fingerprint density at radius 1 is 1.11 bits per heavy atom. The number of carbonyl (C=O) groups excluding carboxylic acids is 3. The molecular weight excluding hydrogens is 386 g/mol. The van der Waals surface area contributed by atoms with Gasteiger partial charge in [0.25, 0.3) is 0 Å². The number of likely N-dealkylation sites (tertiary alicyclic amines) is 1. The van der Waals surface area contributed by atoms with Crippen LogP contribution in [0.2, 0.25) is 0 Å². The summed E-state index contributed by atoms with van der Waals surface area (Å²) in [5.74, 6) is -0.570. The number of piperidine rings is 1. The first kappa shape index (κ1) is 20.3. The van der Waals surface area contributed by atoms with Crippen molar-refractivity contribution in [2.24, 2.45) is 0 Å². The second-order valence-corrected chi connectivity index (χ2v) is 8.41. The molecule has 2 fully saturated rings. The van der Waals surface area contributed by atoms with E-state index >= 15 is 0 Å². The van der Waals surface area contributed by atoms with E-state index in [1.165, 1.54) is 24.3 Å². The summed E-state index contributed by atoms with van der Waals surface area (Å²) in [5, 5.41) is 0. The SMILES string of the molecule is CCOC(=O)N1CCC(NS(=O)(=O)c2ccc(N3C(=O)CCC3=O)cc2)CC1. The van der Waals surface area contributed by atoms with E-state index in [-0.39, 0.29) is 41.7 Å². The number of ether oxygens (including phenoxy) is 1. The number of carbonyl (C=O) groups is 3. The molecule has 1 aromatic carbocycles. The number of amides is 3. The highest BCUT2D eigenvalue weighted by atomic mass is 32.2. The summed E-state index contributed by atoms with van der Waals surface area (Å²) in [6.45, 7) is 2.88. The minimum absolute atomic E-state index is 0.0585. The fourth-order valence-corrected chi connectivity index (χ4v) is 4.63. The lowest BCUT2D eigenvalue weighted by Gasteiger charge is -2.31. The zero-order valence-electron chi connectivity index (χ0n) is 15.6. The number of hydrogen-bond donors (Lipinski definition) is 1. The van der Waals surface area contributed by atoms with Gasteiger partial charge in [-0.25, -0.2) is 17.9 Å². The summed E-state index contributed by atoms with van der Waals surface area (Å²) in [6, 6.07) is 5.39. The summed E-state index contributed by atoms with van der Waals surface area (Å²) in [5.41, 5.74) is 0.370. The third kappa shape index (κ3) is 4.33. The van der Waals surface area contributed by atoms with Crippen LogP contribution in [0.4, 0.5) is 10.5 Å². The molecule has 0 spiro atoms. The number of nitrogens with one attached hydrogen (secondary N) is 1. The zero-order valence-corrected chi connectivity index (χ0v) is 16.4.